The van der Waals surface area contributed by atoms with Gasteiger partial charge in [0.1, 0.15) is 0 Å². The van der Waals surface area contributed by atoms with Crippen LogP contribution in [-0.4, -0.2) is 29.8 Å². The molecule has 13 heavy (non-hydrogen) atoms. The molecule has 3 N–H and O–H groups in total. The van der Waals surface area contributed by atoms with Gasteiger partial charge in [-0.15, -0.1) is 0 Å². The van der Waals surface area contributed by atoms with Gasteiger partial charge in [0.25, 0.3) is 0 Å². The van der Waals surface area contributed by atoms with E-state index in [1.165, 1.54) is 6.42 Å². The molecule has 0 aliphatic carbocycles. The van der Waals surface area contributed by atoms with Gasteiger partial charge in [0.15, 0.2) is 5.82 Å². The predicted octanol–water partition coefficient (Wildman–Crippen LogP) is 0.503. The van der Waals surface area contributed by atoms with Gasteiger partial charge in [-0.05, 0) is 25.8 Å². The maximum absolute atomic E-state index is 5.62. The summed E-state index contributed by atoms with van der Waals surface area (Å²) in [5, 5.41) is 7.18. The van der Waals surface area contributed by atoms with Crippen molar-refractivity contribution in [3.8, 4) is 0 Å². The Kier molecular flexibility index (Phi) is 2.22. The van der Waals surface area contributed by atoms with Crippen molar-refractivity contribution < 1.29 is 0 Å². The molecule has 0 saturated carbocycles. The van der Waals surface area contributed by atoms with Crippen LogP contribution < -0.4 is 10.6 Å². The fraction of sp³-hybridized carbons (Fsp3) is 0.667. The lowest BCUT2D eigenvalue weighted by Gasteiger charge is -2.14. The molecule has 1 aromatic heterocycles. The molecule has 0 radical (unpaired) electrons. The molecule has 1 aromatic rings. The van der Waals surface area contributed by atoms with Gasteiger partial charge in [-0.25, -0.2) is 0 Å². The molecule has 2 heterocycles. The van der Waals surface area contributed by atoms with Crippen LogP contribution >= 0.6 is 0 Å². The number of hydrogen-bond donors (Lipinski definition) is 2. The Morgan fingerprint density at radius 1 is 1.77 bits per heavy atom. The summed E-state index contributed by atoms with van der Waals surface area (Å²) in [7, 11) is 0. The normalized spacial score (nSPS) is 22.6. The van der Waals surface area contributed by atoms with E-state index >= 15 is 0 Å². The van der Waals surface area contributed by atoms with Crippen LogP contribution in [0.4, 0.5) is 5.82 Å². The zero-order valence-corrected chi connectivity index (χ0v) is 7.95. The van der Waals surface area contributed by atoms with E-state index in [9.17, 15) is 0 Å². The van der Waals surface area contributed by atoms with Crippen molar-refractivity contribution in [3.63, 3.8) is 0 Å². The second kappa shape index (κ2) is 3.38. The summed E-state index contributed by atoms with van der Waals surface area (Å²) in [6.45, 7) is 4.96. The van der Waals surface area contributed by atoms with Crippen molar-refractivity contribution in [2.45, 2.75) is 13.3 Å². The molecule has 1 unspecified atom stereocenters. The molecular formula is C9H16N4. The lowest BCUT2D eigenvalue weighted by Crippen LogP contribution is -2.22. The Balaban J connectivity index is 2.03. The zero-order chi connectivity index (χ0) is 9.26. The molecule has 1 atom stereocenters. The van der Waals surface area contributed by atoms with Gasteiger partial charge in [-0.2, -0.15) is 5.10 Å². The fourth-order valence-electron chi connectivity index (χ4n) is 1.80. The molecule has 4 nitrogen and oxygen atoms in total. The minimum Gasteiger partial charge on any atom is -0.355 e. The fourth-order valence-corrected chi connectivity index (χ4v) is 1.80. The number of H-pyrrole nitrogens is 1. The lowest BCUT2D eigenvalue weighted by molar-refractivity contribution is 0.602. The number of aryl methyl sites for hydroxylation is 1. The van der Waals surface area contributed by atoms with E-state index in [-0.39, 0.29) is 0 Å². The first-order valence-electron chi connectivity index (χ1n) is 4.76. The summed E-state index contributed by atoms with van der Waals surface area (Å²) < 4.78 is 0. The number of nitrogens with two attached hydrogens (primary N) is 1. The van der Waals surface area contributed by atoms with Crippen LogP contribution in [0.15, 0.2) is 6.07 Å². The summed E-state index contributed by atoms with van der Waals surface area (Å²) in [6, 6.07) is 2.08. The Labute approximate surface area is 78.1 Å². The van der Waals surface area contributed by atoms with Gasteiger partial charge in [0.2, 0.25) is 0 Å². The number of aromatic nitrogens is 2. The molecule has 1 aliphatic heterocycles. The standard InChI is InChI=1S/C9H16N4/c1-7-4-9(12-11-7)13-3-2-8(5-10)6-13/h4,8H,2-3,5-6,10H2,1H3,(H,11,12). The van der Waals surface area contributed by atoms with Crippen LogP contribution in [0.3, 0.4) is 0 Å². The topological polar surface area (TPSA) is 57.9 Å². The maximum Gasteiger partial charge on any atom is 0.150 e. The first kappa shape index (κ1) is 8.56. The number of hydrogen-bond acceptors (Lipinski definition) is 3. The highest BCUT2D eigenvalue weighted by Crippen LogP contribution is 2.21. The molecule has 0 amide bonds. The van der Waals surface area contributed by atoms with Crippen molar-refractivity contribution in [1.29, 1.82) is 0 Å². The van der Waals surface area contributed by atoms with Crippen LogP contribution in [0.2, 0.25) is 0 Å². The van der Waals surface area contributed by atoms with Gasteiger partial charge in [-0.1, -0.05) is 0 Å². The minimum atomic E-state index is 0.650. The highest BCUT2D eigenvalue weighted by Gasteiger charge is 2.22. The second-order valence-corrected chi connectivity index (χ2v) is 3.75. The quantitative estimate of drug-likeness (QED) is 0.697. The number of aromatic amines is 1. The predicted molar refractivity (Wildman–Crippen MR) is 52.7 cm³/mol. The third-order valence-electron chi connectivity index (χ3n) is 2.64. The van der Waals surface area contributed by atoms with E-state index in [0.29, 0.717) is 5.92 Å². The molecule has 0 bridgehead atoms. The molecule has 2 rings (SSSR count). The second-order valence-electron chi connectivity index (χ2n) is 3.75. The summed E-state index contributed by atoms with van der Waals surface area (Å²) >= 11 is 0. The Hall–Kier alpha value is -1.03. The first-order valence-corrected chi connectivity index (χ1v) is 4.76. The number of nitrogens with zero attached hydrogens (tertiary/aromatic N) is 2. The highest BCUT2D eigenvalue weighted by atomic mass is 15.3. The van der Waals surface area contributed by atoms with Gasteiger partial charge in [-0.3, -0.25) is 5.10 Å². The van der Waals surface area contributed by atoms with Gasteiger partial charge in [0, 0.05) is 24.8 Å². The summed E-state index contributed by atoms with van der Waals surface area (Å²) in [5.41, 5.74) is 6.74. The third kappa shape index (κ3) is 1.67. The average molecular weight is 180 g/mol. The lowest BCUT2D eigenvalue weighted by atomic mass is 10.1. The van der Waals surface area contributed by atoms with Gasteiger partial charge < -0.3 is 10.6 Å². The van der Waals surface area contributed by atoms with Crippen molar-refractivity contribution >= 4 is 5.82 Å². The third-order valence-corrected chi connectivity index (χ3v) is 2.64. The Bertz CT molecular complexity index is 281. The van der Waals surface area contributed by atoms with E-state index < -0.39 is 0 Å². The number of rotatable bonds is 2. The van der Waals surface area contributed by atoms with E-state index in [0.717, 1.165) is 31.1 Å². The minimum absolute atomic E-state index is 0.650. The van der Waals surface area contributed by atoms with E-state index in [1.807, 2.05) is 6.92 Å². The van der Waals surface area contributed by atoms with Crippen LogP contribution in [0.25, 0.3) is 0 Å². The smallest absolute Gasteiger partial charge is 0.150 e. The molecular weight excluding hydrogens is 164 g/mol. The summed E-state index contributed by atoms with van der Waals surface area (Å²) in [4.78, 5) is 2.29. The number of anilines is 1. The molecule has 4 heteroatoms. The maximum atomic E-state index is 5.62. The van der Waals surface area contributed by atoms with Crippen molar-refractivity contribution in [2.24, 2.45) is 11.7 Å². The van der Waals surface area contributed by atoms with Gasteiger partial charge >= 0.3 is 0 Å². The van der Waals surface area contributed by atoms with E-state index in [1.54, 1.807) is 0 Å². The molecule has 1 fully saturated rings. The van der Waals surface area contributed by atoms with Crippen LogP contribution in [-0.2, 0) is 0 Å². The Morgan fingerprint density at radius 2 is 2.62 bits per heavy atom. The van der Waals surface area contributed by atoms with E-state index in [4.69, 9.17) is 5.73 Å². The SMILES string of the molecule is Cc1cc(N2CCC(CN)C2)n[nH]1. The Morgan fingerprint density at radius 3 is 3.15 bits per heavy atom. The average Bonchev–Trinajstić information content (AvgIpc) is 2.71. The van der Waals surface area contributed by atoms with Crippen molar-refractivity contribution in [1.82, 2.24) is 10.2 Å². The van der Waals surface area contributed by atoms with Crippen LogP contribution in [0.1, 0.15) is 12.1 Å². The van der Waals surface area contributed by atoms with Crippen LogP contribution in [0.5, 0.6) is 0 Å². The highest BCUT2D eigenvalue weighted by molar-refractivity contribution is 5.40. The van der Waals surface area contributed by atoms with Crippen LogP contribution in [0, 0.1) is 12.8 Å². The summed E-state index contributed by atoms with van der Waals surface area (Å²) in [5.74, 6) is 1.71. The first-order chi connectivity index (χ1) is 6.29. The zero-order valence-electron chi connectivity index (χ0n) is 7.95. The van der Waals surface area contributed by atoms with E-state index in [2.05, 4.69) is 21.2 Å². The molecule has 0 aromatic carbocycles. The van der Waals surface area contributed by atoms with Crippen molar-refractivity contribution in [2.75, 3.05) is 24.5 Å². The number of nitrogens with one attached hydrogen (secondary N) is 1. The monoisotopic (exact) mass is 180 g/mol. The molecule has 1 saturated heterocycles. The summed E-state index contributed by atoms with van der Waals surface area (Å²) in [6.07, 6.45) is 1.20. The largest absolute Gasteiger partial charge is 0.355 e. The molecule has 0 spiro atoms. The molecule has 1 aliphatic rings. The van der Waals surface area contributed by atoms with Crippen molar-refractivity contribution in [3.05, 3.63) is 11.8 Å². The van der Waals surface area contributed by atoms with Gasteiger partial charge in [0.05, 0.1) is 0 Å². The molecule has 72 valence electrons.